The maximum Gasteiger partial charge on any atom is 0.231 e. The van der Waals surface area contributed by atoms with Gasteiger partial charge in [0.05, 0.1) is 5.41 Å². The minimum Gasteiger partial charge on any atom is -0.508 e. The van der Waals surface area contributed by atoms with Crippen LogP contribution in [0.5, 0.6) is 5.75 Å². The van der Waals surface area contributed by atoms with Gasteiger partial charge in [0.1, 0.15) is 5.75 Å². The van der Waals surface area contributed by atoms with Crippen LogP contribution in [0.15, 0.2) is 12.1 Å². The number of hydrogen-bond donors (Lipinski definition) is 3. The predicted octanol–water partition coefficient (Wildman–Crippen LogP) is 2.34. The van der Waals surface area contributed by atoms with E-state index < -0.39 is 0 Å². The van der Waals surface area contributed by atoms with Crippen LogP contribution in [-0.4, -0.2) is 24.1 Å². The molecular weight excluding hydrogens is 240 g/mol. The molecule has 0 aromatic heterocycles. The summed E-state index contributed by atoms with van der Waals surface area (Å²) in [6.07, 6.45) is 1.93. The van der Waals surface area contributed by atoms with Gasteiger partial charge in [-0.2, -0.15) is 0 Å². The van der Waals surface area contributed by atoms with Crippen molar-refractivity contribution in [3.8, 4) is 5.75 Å². The van der Waals surface area contributed by atoms with Crippen molar-refractivity contribution in [1.82, 2.24) is 5.32 Å². The summed E-state index contributed by atoms with van der Waals surface area (Å²) >= 11 is 0. The number of phenolic OH excluding ortho intramolecular Hbond substituents is 1. The molecule has 1 heterocycles. The summed E-state index contributed by atoms with van der Waals surface area (Å²) in [5.74, 6) is 0.314. The minimum atomic E-state index is -0.351. The number of aryl methyl sites for hydroxylation is 2. The first kappa shape index (κ1) is 13.9. The summed E-state index contributed by atoms with van der Waals surface area (Å²) in [5, 5.41) is 15.9. The third-order valence-electron chi connectivity index (χ3n) is 3.94. The summed E-state index contributed by atoms with van der Waals surface area (Å²) in [6.45, 7) is 7.41. The van der Waals surface area contributed by atoms with Gasteiger partial charge in [0.25, 0.3) is 0 Å². The molecule has 1 aliphatic rings. The van der Waals surface area contributed by atoms with Gasteiger partial charge < -0.3 is 15.7 Å². The van der Waals surface area contributed by atoms with Gasteiger partial charge in [-0.15, -0.1) is 0 Å². The highest BCUT2D eigenvalue weighted by molar-refractivity contribution is 5.96. The molecule has 4 heteroatoms. The zero-order valence-electron chi connectivity index (χ0n) is 11.8. The number of nitrogens with one attached hydrogen (secondary N) is 2. The minimum absolute atomic E-state index is 0.0490. The van der Waals surface area contributed by atoms with Crippen LogP contribution in [0.2, 0.25) is 0 Å². The predicted molar refractivity (Wildman–Crippen MR) is 76.4 cm³/mol. The Balaban J connectivity index is 2.16. The first-order valence-corrected chi connectivity index (χ1v) is 6.75. The standard InChI is InChI=1S/C15H22N2O2/c1-10-8-13(18)11(2)7-12(10)17-14(19)15(3)5-4-6-16-9-15/h7-8,16,18H,4-6,9H2,1-3H3,(H,17,19). The van der Waals surface area contributed by atoms with Crippen LogP contribution in [0.1, 0.15) is 30.9 Å². The molecule has 0 bridgehead atoms. The first-order chi connectivity index (χ1) is 8.92. The Hall–Kier alpha value is -1.55. The van der Waals surface area contributed by atoms with Gasteiger partial charge in [0.2, 0.25) is 5.91 Å². The van der Waals surface area contributed by atoms with Crippen LogP contribution in [0.3, 0.4) is 0 Å². The summed E-state index contributed by atoms with van der Waals surface area (Å²) in [6, 6.07) is 3.51. The molecular formula is C15H22N2O2. The lowest BCUT2D eigenvalue weighted by atomic mass is 9.82. The molecule has 4 nitrogen and oxygen atoms in total. The number of carbonyl (C=O) groups excluding carboxylic acids is 1. The molecule has 0 radical (unpaired) electrons. The van der Waals surface area contributed by atoms with Crippen molar-refractivity contribution in [2.24, 2.45) is 5.41 Å². The fourth-order valence-electron chi connectivity index (χ4n) is 2.46. The third kappa shape index (κ3) is 2.89. The van der Waals surface area contributed by atoms with E-state index in [0.717, 1.165) is 42.7 Å². The number of piperidine rings is 1. The molecule has 1 aliphatic heterocycles. The molecule has 1 unspecified atom stereocenters. The van der Waals surface area contributed by atoms with Crippen molar-refractivity contribution in [3.63, 3.8) is 0 Å². The lowest BCUT2D eigenvalue weighted by Gasteiger charge is -2.32. The second-order valence-electron chi connectivity index (χ2n) is 5.75. The zero-order chi connectivity index (χ0) is 14.0. The highest BCUT2D eigenvalue weighted by atomic mass is 16.3. The van der Waals surface area contributed by atoms with Crippen molar-refractivity contribution in [1.29, 1.82) is 0 Å². The summed E-state index contributed by atoms with van der Waals surface area (Å²) < 4.78 is 0. The summed E-state index contributed by atoms with van der Waals surface area (Å²) in [5.41, 5.74) is 2.08. The van der Waals surface area contributed by atoms with Gasteiger partial charge in [-0.3, -0.25) is 4.79 Å². The molecule has 2 rings (SSSR count). The Kier molecular flexibility index (Phi) is 3.80. The second-order valence-corrected chi connectivity index (χ2v) is 5.75. The van der Waals surface area contributed by atoms with Gasteiger partial charge in [0, 0.05) is 12.2 Å². The van der Waals surface area contributed by atoms with E-state index in [2.05, 4.69) is 10.6 Å². The van der Waals surface area contributed by atoms with Crippen molar-refractivity contribution in [2.75, 3.05) is 18.4 Å². The van der Waals surface area contributed by atoms with Gasteiger partial charge in [-0.1, -0.05) is 0 Å². The van der Waals surface area contributed by atoms with E-state index in [-0.39, 0.29) is 17.1 Å². The number of rotatable bonds is 2. The molecule has 1 amide bonds. The number of phenols is 1. The zero-order valence-corrected chi connectivity index (χ0v) is 11.8. The van der Waals surface area contributed by atoms with E-state index in [9.17, 15) is 9.90 Å². The normalized spacial score (nSPS) is 23.1. The number of aromatic hydroxyl groups is 1. The van der Waals surface area contributed by atoms with Crippen LogP contribution in [-0.2, 0) is 4.79 Å². The Morgan fingerprint density at radius 1 is 1.37 bits per heavy atom. The Morgan fingerprint density at radius 3 is 2.74 bits per heavy atom. The molecule has 0 aliphatic carbocycles. The Bertz CT molecular complexity index is 491. The highest BCUT2D eigenvalue weighted by Gasteiger charge is 2.34. The fraction of sp³-hybridized carbons (Fsp3) is 0.533. The van der Waals surface area contributed by atoms with E-state index in [1.807, 2.05) is 26.8 Å². The van der Waals surface area contributed by atoms with Crippen LogP contribution < -0.4 is 10.6 Å². The van der Waals surface area contributed by atoms with Crippen LogP contribution in [0.4, 0.5) is 5.69 Å². The molecule has 0 spiro atoms. The maximum absolute atomic E-state index is 12.4. The van der Waals surface area contributed by atoms with Gasteiger partial charge in [0.15, 0.2) is 0 Å². The SMILES string of the molecule is Cc1cc(NC(=O)C2(C)CCCNC2)c(C)cc1O. The topological polar surface area (TPSA) is 61.4 Å². The maximum atomic E-state index is 12.4. The van der Waals surface area contributed by atoms with Crippen molar-refractivity contribution in [3.05, 3.63) is 23.3 Å². The smallest absolute Gasteiger partial charge is 0.231 e. The molecule has 0 saturated carbocycles. The van der Waals surface area contributed by atoms with Crippen LogP contribution >= 0.6 is 0 Å². The van der Waals surface area contributed by atoms with E-state index >= 15 is 0 Å². The number of carbonyl (C=O) groups is 1. The largest absolute Gasteiger partial charge is 0.508 e. The lowest BCUT2D eigenvalue weighted by Crippen LogP contribution is -2.46. The molecule has 1 aromatic rings. The lowest BCUT2D eigenvalue weighted by molar-refractivity contribution is -0.125. The van der Waals surface area contributed by atoms with Gasteiger partial charge in [-0.25, -0.2) is 0 Å². The molecule has 19 heavy (non-hydrogen) atoms. The average Bonchev–Trinajstić information content (AvgIpc) is 2.36. The van der Waals surface area contributed by atoms with Crippen molar-refractivity contribution >= 4 is 11.6 Å². The van der Waals surface area contributed by atoms with Gasteiger partial charge in [-0.05, 0) is 63.4 Å². The summed E-state index contributed by atoms with van der Waals surface area (Å²) in [4.78, 5) is 12.4. The van der Waals surface area contributed by atoms with Crippen LogP contribution in [0, 0.1) is 19.3 Å². The molecule has 1 atom stereocenters. The highest BCUT2D eigenvalue weighted by Crippen LogP contribution is 2.30. The Morgan fingerprint density at radius 2 is 2.11 bits per heavy atom. The van der Waals surface area contributed by atoms with E-state index in [0.29, 0.717) is 0 Å². The number of amides is 1. The number of hydrogen-bond acceptors (Lipinski definition) is 3. The molecule has 1 aromatic carbocycles. The van der Waals surface area contributed by atoms with Gasteiger partial charge >= 0.3 is 0 Å². The quantitative estimate of drug-likeness (QED) is 0.717. The fourth-order valence-corrected chi connectivity index (χ4v) is 2.46. The Labute approximate surface area is 114 Å². The van der Waals surface area contributed by atoms with Crippen molar-refractivity contribution < 1.29 is 9.90 Å². The molecule has 3 N–H and O–H groups in total. The number of anilines is 1. The molecule has 1 saturated heterocycles. The van der Waals surface area contributed by atoms with Crippen LogP contribution in [0.25, 0.3) is 0 Å². The summed E-state index contributed by atoms with van der Waals surface area (Å²) in [7, 11) is 0. The molecule has 104 valence electrons. The van der Waals surface area contributed by atoms with Crippen molar-refractivity contribution in [2.45, 2.75) is 33.6 Å². The first-order valence-electron chi connectivity index (χ1n) is 6.75. The number of benzene rings is 1. The van der Waals surface area contributed by atoms with E-state index in [4.69, 9.17) is 0 Å². The monoisotopic (exact) mass is 262 g/mol. The van der Waals surface area contributed by atoms with E-state index in [1.165, 1.54) is 0 Å². The third-order valence-corrected chi connectivity index (χ3v) is 3.94. The van der Waals surface area contributed by atoms with E-state index in [1.54, 1.807) is 6.07 Å². The second kappa shape index (κ2) is 5.21. The average molecular weight is 262 g/mol. The molecule has 1 fully saturated rings.